The molecular formula is C6H9F4N. The van der Waals surface area contributed by atoms with Gasteiger partial charge in [0.1, 0.15) is 0 Å². The van der Waals surface area contributed by atoms with Crippen molar-refractivity contribution in [3.05, 3.63) is 0 Å². The van der Waals surface area contributed by atoms with E-state index in [2.05, 4.69) is 0 Å². The van der Waals surface area contributed by atoms with Gasteiger partial charge in [-0.25, -0.2) is 4.39 Å². The van der Waals surface area contributed by atoms with E-state index < -0.39 is 24.3 Å². The van der Waals surface area contributed by atoms with E-state index in [-0.39, 0.29) is 0 Å². The predicted octanol–water partition coefficient (Wildman–Crippen LogP) is 1.77. The molecule has 1 rings (SSSR count). The first-order valence-electron chi connectivity index (χ1n) is 3.33. The van der Waals surface area contributed by atoms with Gasteiger partial charge in [0.05, 0.1) is 0 Å². The molecule has 0 heterocycles. The van der Waals surface area contributed by atoms with E-state index in [1.54, 1.807) is 0 Å². The fourth-order valence-corrected chi connectivity index (χ4v) is 0.837. The van der Waals surface area contributed by atoms with E-state index in [0.717, 1.165) is 0 Å². The molecule has 0 aromatic heterocycles. The molecule has 0 aliphatic heterocycles. The molecule has 0 radical (unpaired) electrons. The van der Waals surface area contributed by atoms with Crippen molar-refractivity contribution >= 4 is 0 Å². The number of hydrogen-bond acceptors (Lipinski definition) is 1. The lowest BCUT2D eigenvalue weighted by molar-refractivity contribution is -0.183. The lowest BCUT2D eigenvalue weighted by atomic mass is 10.1. The highest BCUT2D eigenvalue weighted by atomic mass is 19.4. The minimum atomic E-state index is -4.74. The molecule has 0 bridgehead atoms. The molecule has 5 heteroatoms. The van der Waals surface area contributed by atoms with E-state index in [4.69, 9.17) is 5.73 Å². The van der Waals surface area contributed by atoms with Crippen molar-refractivity contribution in [2.75, 3.05) is 0 Å². The van der Waals surface area contributed by atoms with Gasteiger partial charge in [0.15, 0.2) is 6.17 Å². The predicted molar refractivity (Wildman–Crippen MR) is 31.7 cm³/mol. The number of hydrogen-bond donors (Lipinski definition) is 1. The normalized spacial score (nSPS) is 24.8. The first-order valence-corrected chi connectivity index (χ1v) is 3.33. The van der Waals surface area contributed by atoms with Crippen LogP contribution in [0.2, 0.25) is 0 Å². The van der Waals surface area contributed by atoms with Crippen LogP contribution in [-0.4, -0.2) is 17.9 Å². The Balaban J connectivity index is 2.37. The summed E-state index contributed by atoms with van der Waals surface area (Å²) < 4.78 is 47.0. The van der Waals surface area contributed by atoms with Crippen LogP contribution in [0.5, 0.6) is 0 Å². The third kappa shape index (κ3) is 2.32. The minimum absolute atomic E-state index is 0.503. The molecule has 1 saturated carbocycles. The molecular weight excluding hydrogens is 162 g/mol. The number of alkyl halides is 4. The molecule has 0 spiro atoms. The Morgan fingerprint density at radius 2 is 1.82 bits per heavy atom. The molecule has 0 aromatic rings. The molecule has 66 valence electrons. The van der Waals surface area contributed by atoms with Crippen LogP contribution < -0.4 is 5.73 Å². The summed E-state index contributed by atoms with van der Waals surface area (Å²) in [5.74, 6) is 0. The molecule has 1 unspecified atom stereocenters. The Morgan fingerprint density at radius 1 is 1.36 bits per heavy atom. The molecule has 0 amide bonds. The summed E-state index contributed by atoms with van der Waals surface area (Å²) in [5.41, 5.74) is 4.44. The first-order chi connectivity index (χ1) is 4.83. The molecule has 0 saturated heterocycles. The van der Waals surface area contributed by atoms with Crippen LogP contribution in [0.4, 0.5) is 17.6 Å². The topological polar surface area (TPSA) is 26.0 Å². The first kappa shape index (κ1) is 8.77. The van der Waals surface area contributed by atoms with Gasteiger partial charge in [0.25, 0.3) is 0 Å². The zero-order valence-electron chi connectivity index (χ0n) is 5.79. The lowest BCUT2D eigenvalue weighted by Gasteiger charge is -2.15. The minimum Gasteiger partial charge on any atom is -0.325 e. The van der Waals surface area contributed by atoms with Crippen LogP contribution in [0.1, 0.15) is 19.3 Å². The van der Waals surface area contributed by atoms with Crippen LogP contribution in [-0.2, 0) is 0 Å². The summed E-state index contributed by atoms with van der Waals surface area (Å²) in [6.07, 6.45) is -7.08. The van der Waals surface area contributed by atoms with Crippen molar-refractivity contribution in [1.82, 2.24) is 0 Å². The van der Waals surface area contributed by atoms with Crippen molar-refractivity contribution < 1.29 is 17.6 Å². The van der Waals surface area contributed by atoms with Crippen molar-refractivity contribution in [2.24, 2.45) is 5.73 Å². The molecule has 0 aromatic carbocycles. The molecule has 1 aliphatic carbocycles. The average Bonchev–Trinajstić information content (AvgIpc) is 2.45. The number of rotatable bonds is 2. The van der Waals surface area contributed by atoms with Gasteiger partial charge in [-0.3, -0.25) is 0 Å². The highest BCUT2D eigenvalue weighted by Crippen LogP contribution is 2.40. The van der Waals surface area contributed by atoms with Gasteiger partial charge in [0.2, 0.25) is 0 Å². The van der Waals surface area contributed by atoms with Crippen molar-refractivity contribution in [3.63, 3.8) is 0 Å². The van der Waals surface area contributed by atoms with Crippen molar-refractivity contribution in [2.45, 2.75) is 37.1 Å². The van der Waals surface area contributed by atoms with Crippen LogP contribution in [0.15, 0.2) is 0 Å². The van der Waals surface area contributed by atoms with Crippen molar-refractivity contribution in [3.8, 4) is 0 Å². The zero-order chi connectivity index (χ0) is 8.70. The molecule has 1 aliphatic rings. The van der Waals surface area contributed by atoms with Gasteiger partial charge in [-0.2, -0.15) is 13.2 Å². The summed E-state index contributed by atoms with van der Waals surface area (Å²) in [7, 11) is 0. The quantitative estimate of drug-likeness (QED) is 0.629. The van der Waals surface area contributed by atoms with Gasteiger partial charge in [-0.1, -0.05) is 0 Å². The Kier molecular flexibility index (Phi) is 1.86. The number of halogens is 4. The summed E-state index contributed by atoms with van der Waals surface area (Å²) in [6, 6.07) is 0. The molecule has 1 atom stereocenters. The summed E-state index contributed by atoms with van der Waals surface area (Å²) >= 11 is 0. The SMILES string of the molecule is NC1(CC(F)C(F)(F)F)CC1. The van der Waals surface area contributed by atoms with Crippen LogP contribution in [0.3, 0.4) is 0 Å². The van der Waals surface area contributed by atoms with Crippen LogP contribution in [0, 0.1) is 0 Å². The second-order valence-electron chi connectivity index (χ2n) is 3.08. The van der Waals surface area contributed by atoms with E-state index >= 15 is 0 Å². The molecule has 11 heavy (non-hydrogen) atoms. The highest BCUT2D eigenvalue weighted by molar-refractivity contribution is 5.00. The van der Waals surface area contributed by atoms with Gasteiger partial charge >= 0.3 is 6.18 Å². The largest absolute Gasteiger partial charge is 0.419 e. The van der Waals surface area contributed by atoms with Gasteiger partial charge in [-0.05, 0) is 12.8 Å². The van der Waals surface area contributed by atoms with Gasteiger partial charge in [-0.15, -0.1) is 0 Å². The van der Waals surface area contributed by atoms with Crippen molar-refractivity contribution in [1.29, 1.82) is 0 Å². The van der Waals surface area contributed by atoms with Gasteiger partial charge in [0, 0.05) is 12.0 Å². The van der Waals surface area contributed by atoms with E-state index in [0.29, 0.717) is 12.8 Å². The summed E-state index contributed by atoms with van der Waals surface area (Å²) in [4.78, 5) is 0. The fraction of sp³-hybridized carbons (Fsp3) is 1.00. The Bertz CT molecular complexity index is 149. The second kappa shape index (κ2) is 2.33. The molecule has 1 fully saturated rings. The fourth-order valence-electron chi connectivity index (χ4n) is 0.837. The van der Waals surface area contributed by atoms with Gasteiger partial charge < -0.3 is 5.73 Å². The molecule has 1 nitrogen and oxygen atoms in total. The maximum absolute atomic E-state index is 12.2. The smallest absolute Gasteiger partial charge is 0.325 e. The standard InChI is InChI=1S/C6H9F4N/c7-4(6(8,9)10)3-5(11)1-2-5/h4H,1-3,11H2. The Hall–Kier alpha value is -0.320. The maximum atomic E-state index is 12.2. The zero-order valence-corrected chi connectivity index (χ0v) is 5.79. The second-order valence-corrected chi connectivity index (χ2v) is 3.08. The summed E-state index contributed by atoms with van der Waals surface area (Å²) in [6.45, 7) is 0. The monoisotopic (exact) mass is 171 g/mol. The van der Waals surface area contributed by atoms with E-state index in [1.165, 1.54) is 0 Å². The Labute approximate surface area is 61.6 Å². The average molecular weight is 171 g/mol. The van der Waals surface area contributed by atoms with E-state index in [9.17, 15) is 17.6 Å². The summed E-state index contributed by atoms with van der Waals surface area (Å²) in [5, 5.41) is 0. The Morgan fingerprint density at radius 3 is 2.09 bits per heavy atom. The highest BCUT2D eigenvalue weighted by Gasteiger charge is 2.49. The number of nitrogens with two attached hydrogens (primary N) is 1. The maximum Gasteiger partial charge on any atom is 0.419 e. The third-order valence-corrected chi connectivity index (χ3v) is 1.83. The lowest BCUT2D eigenvalue weighted by Crippen LogP contribution is -2.34. The van der Waals surface area contributed by atoms with Crippen LogP contribution in [0.25, 0.3) is 0 Å². The van der Waals surface area contributed by atoms with E-state index in [1.807, 2.05) is 0 Å². The van der Waals surface area contributed by atoms with Crippen LogP contribution >= 0.6 is 0 Å². The molecule has 2 N–H and O–H groups in total. The third-order valence-electron chi connectivity index (χ3n) is 1.83.